The third-order valence-corrected chi connectivity index (χ3v) is 4.00. The molecule has 0 spiro atoms. The second kappa shape index (κ2) is 6.57. The van der Waals surface area contributed by atoms with E-state index in [1.807, 2.05) is 4.90 Å². The lowest BCUT2D eigenvalue weighted by Crippen LogP contribution is -2.38. The fraction of sp³-hybridized carbons (Fsp3) is 0.462. The molecule has 0 unspecified atom stereocenters. The molecule has 0 saturated carbocycles. The van der Waals surface area contributed by atoms with E-state index in [0.717, 1.165) is 19.4 Å². The van der Waals surface area contributed by atoms with Gasteiger partial charge < -0.3 is 10.4 Å². The summed E-state index contributed by atoms with van der Waals surface area (Å²) in [7, 11) is 0. The third-order valence-electron chi connectivity index (χ3n) is 3.26. The summed E-state index contributed by atoms with van der Waals surface area (Å²) < 4.78 is 0. The highest BCUT2D eigenvalue weighted by atomic mass is 35.5. The Hall–Kier alpha value is -0.810. The van der Waals surface area contributed by atoms with Gasteiger partial charge in [0, 0.05) is 11.7 Å². The fourth-order valence-electron chi connectivity index (χ4n) is 2.27. The van der Waals surface area contributed by atoms with Gasteiger partial charge in [-0.15, -0.1) is 0 Å². The molecule has 1 fully saturated rings. The Morgan fingerprint density at radius 2 is 2.21 bits per heavy atom. The Kier molecular flexibility index (Phi) is 5.05. The van der Waals surface area contributed by atoms with Crippen molar-refractivity contribution in [2.75, 3.05) is 25.0 Å². The predicted molar refractivity (Wildman–Crippen MR) is 76.8 cm³/mol. The second-order valence-electron chi connectivity index (χ2n) is 4.63. The predicted octanol–water partition coefficient (Wildman–Crippen LogP) is 2.39. The number of carbonyl (C=O) groups is 1. The molecule has 1 aliphatic rings. The summed E-state index contributed by atoms with van der Waals surface area (Å²) in [4.78, 5) is 13.9. The van der Waals surface area contributed by atoms with E-state index in [4.69, 9.17) is 23.2 Å². The molecule has 1 aromatic rings. The monoisotopic (exact) mass is 302 g/mol. The van der Waals surface area contributed by atoms with Crippen LogP contribution in [0.2, 0.25) is 10.0 Å². The average molecular weight is 303 g/mol. The maximum Gasteiger partial charge on any atom is 0.238 e. The molecule has 0 bridgehead atoms. The van der Waals surface area contributed by atoms with E-state index >= 15 is 0 Å². The van der Waals surface area contributed by atoms with Gasteiger partial charge in [-0.25, -0.2) is 0 Å². The van der Waals surface area contributed by atoms with Crippen LogP contribution in [0.5, 0.6) is 0 Å². The Morgan fingerprint density at radius 1 is 1.42 bits per heavy atom. The molecule has 1 aliphatic heterocycles. The van der Waals surface area contributed by atoms with E-state index in [1.54, 1.807) is 18.2 Å². The number of amides is 1. The van der Waals surface area contributed by atoms with Crippen molar-refractivity contribution in [1.29, 1.82) is 0 Å². The smallest absolute Gasteiger partial charge is 0.238 e. The molecule has 1 aromatic carbocycles. The van der Waals surface area contributed by atoms with Crippen molar-refractivity contribution in [1.82, 2.24) is 4.90 Å². The SMILES string of the molecule is O=C(CN1CCC[C@H]1CO)Nc1ccc(Cl)c(Cl)c1. The maximum absolute atomic E-state index is 11.9. The van der Waals surface area contributed by atoms with E-state index in [1.165, 1.54) is 0 Å². The molecular weight excluding hydrogens is 287 g/mol. The number of hydrogen-bond acceptors (Lipinski definition) is 3. The summed E-state index contributed by atoms with van der Waals surface area (Å²) in [5, 5.41) is 12.8. The van der Waals surface area contributed by atoms with Crippen LogP contribution in [0.25, 0.3) is 0 Å². The van der Waals surface area contributed by atoms with Crippen LogP contribution in [0.4, 0.5) is 5.69 Å². The third kappa shape index (κ3) is 3.83. The normalized spacial score (nSPS) is 19.6. The van der Waals surface area contributed by atoms with Gasteiger partial charge in [-0.1, -0.05) is 23.2 Å². The Balaban J connectivity index is 1.92. The molecule has 19 heavy (non-hydrogen) atoms. The topological polar surface area (TPSA) is 52.6 Å². The number of likely N-dealkylation sites (tertiary alicyclic amines) is 1. The van der Waals surface area contributed by atoms with Crippen LogP contribution in [-0.4, -0.2) is 41.7 Å². The quantitative estimate of drug-likeness (QED) is 0.898. The van der Waals surface area contributed by atoms with Crippen molar-refractivity contribution < 1.29 is 9.90 Å². The van der Waals surface area contributed by atoms with Crippen LogP contribution in [0.1, 0.15) is 12.8 Å². The Bertz CT molecular complexity index is 468. The molecular formula is C13H16Cl2N2O2. The molecule has 0 aliphatic carbocycles. The van der Waals surface area contributed by atoms with Gasteiger partial charge >= 0.3 is 0 Å². The van der Waals surface area contributed by atoms with Gasteiger partial charge in [0.15, 0.2) is 0 Å². The summed E-state index contributed by atoms with van der Waals surface area (Å²) in [5.74, 6) is -0.112. The second-order valence-corrected chi connectivity index (χ2v) is 5.44. The summed E-state index contributed by atoms with van der Waals surface area (Å²) in [6, 6.07) is 5.07. The first kappa shape index (κ1) is 14.6. The van der Waals surface area contributed by atoms with Gasteiger partial charge in [0.25, 0.3) is 0 Å². The minimum absolute atomic E-state index is 0.0968. The van der Waals surface area contributed by atoms with E-state index in [2.05, 4.69) is 5.32 Å². The van der Waals surface area contributed by atoms with Gasteiger partial charge in [-0.3, -0.25) is 9.69 Å². The number of nitrogens with one attached hydrogen (secondary N) is 1. The zero-order valence-corrected chi connectivity index (χ0v) is 11.9. The van der Waals surface area contributed by atoms with Gasteiger partial charge in [0.2, 0.25) is 5.91 Å². The lowest BCUT2D eigenvalue weighted by Gasteiger charge is -2.21. The zero-order chi connectivity index (χ0) is 13.8. The number of halogens is 2. The molecule has 6 heteroatoms. The van der Waals surface area contributed by atoms with E-state index in [9.17, 15) is 9.90 Å². The minimum atomic E-state index is -0.112. The average Bonchev–Trinajstić information content (AvgIpc) is 2.81. The largest absolute Gasteiger partial charge is 0.395 e. The highest BCUT2D eigenvalue weighted by Crippen LogP contribution is 2.25. The number of nitrogens with zero attached hydrogens (tertiary/aromatic N) is 1. The van der Waals surface area contributed by atoms with Crippen LogP contribution < -0.4 is 5.32 Å². The Labute approximate surface area is 122 Å². The molecule has 1 saturated heterocycles. The first-order valence-corrected chi connectivity index (χ1v) is 6.95. The molecule has 1 atom stereocenters. The van der Waals surface area contributed by atoms with Crippen LogP contribution >= 0.6 is 23.2 Å². The molecule has 104 valence electrons. The van der Waals surface area contributed by atoms with Crippen molar-refractivity contribution in [3.05, 3.63) is 28.2 Å². The lowest BCUT2D eigenvalue weighted by molar-refractivity contribution is -0.117. The minimum Gasteiger partial charge on any atom is -0.395 e. The molecule has 2 N–H and O–H groups in total. The number of rotatable bonds is 4. The number of hydrogen-bond donors (Lipinski definition) is 2. The van der Waals surface area contributed by atoms with E-state index in [-0.39, 0.29) is 25.1 Å². The van der Waals surface area contributed by atoms with Crippen molar-refractivity contribution in [3.8, 4) is 0 Å². The van der Waals surface area contributed by atoms with Crippen LogP contribution in [-0.2, 0) is 4.79 Å². The summed E-state index contributed by atoms with van der Waals surface area (Å²) >= 11 is 11.7. The van der Waals surface area contributed by atoms with Crippen molar-refractivity contribution >= 4 is 34.8 Å². The van der Waals surface area contributed by atoms with Crippen molar-refractivity contribution in [2.24, 2.45) is 0 Å². The molecule has 2 rings (SSSR count). The van der Waals surface area contributed by atoms with Crippen molar-refractivity contribution in [3.63, 3.8) is 0 Å². The highest BCUT2D eigenvalue weighted by molar-refractivity contribution is 6.42. The molecule has 1 amide bonds. The van der Waals surface area contributed by atoms with Gasteiger partial charge in [-0.2, -0.15) is 0 Å². The summed E-state index contributed by atoms with van der Waals surface area (Å²) in [6.45, 7) is 1.23. The fourth-order valence-corrected chi connectivity index (χ4v) is 2.57. The molecule has 0 radical (unpaired) electrons. The number of carbonyl (C=O) groups excluding carboxylic acids is 1. The van der Waals surface area contributed by atoms with Gasteiger partial charge in [0.05, 0.1) is 23.2 Å². The standard InChI is InChI=1S/C13H16Cl2N2O2/c14-11-4-3-9(6-12(11)15)16-13(19)7-17-5-1-2-10(17)8-18/h3-4,6,10,18H,1-2,5,7-8H2,(H,16,19)/t10-/m0/s1. The van der Waals surface area contributed by atoms with Gasteiger partial charge in [0.1, 0.15) is 0 Å². The van der Waals surface area contributed by atoms with Crippen LogP contribution in [0.3, 0.4) is 0 Å². The van der Waals surface area contributed by atoms with Crippen LogP contribution in [0, 0.1) is 0 Å². The first-order chi connectivity index (χ1) is 9.10. The van der Waals surface area contributed by atoms with Crippen molar-refractivity contribution in [2.45, 2.75) is 18.9 Å². The summed E-state index contributed by atoms with van der Waals surface area (Å²) in [6.07, 6.45) is 1.96. The lowest BCUT2D eigenvalue weighted by atomic mass is 10.2. The number of anilines is 1. The summed E-state index contributed by atoms with van der Waals surface area (Å²) in [5.41, 5.74) is 0.624. The molecule has 1 heterocycles. The highest BCUT2D eigenvalue weighted by Gasteiger charge is 2.25. The Morgan fingerprint density at radius 3 is 2.89 bits per heavy atom. The number of aliphatic hydroxyl groups excluding tert-OH is 1. The number of benzene rings is 1. The first-order valence-electron chi connectivity index (χ1n) is 6.20. The van der Waals surface area contributed by atoms with E-state index in [0.29, 0.717) is 15.7 Å². The molecule has 4 nitrogen and oxygen atoms in total. The number of aliphatic hydroxyl groups is 1. The van der Waals surface area contributed by atoms with Crippen LogP contribution in [0.15, 0.2) is 18.2 Å². The van der Waals surface area contributed by atoms with Gasteiger partial charge in [-0.05, 0) is 37.6 Å². The van der Waals surface area contributed by atoms with E-state index < -0.39 is 0 Å². The zero-order valence-electron chi connectivity index (χ0n) is 10.4. The molecule has 0 aromatic heterocycles. The maximum atomic E-state index is 11.9.